The smallest absolute Gasteiger partial charge is 0.220 e. The summed E-state index contributed by atoms with van der Waals surface area (Å²) in [4.78, 5) is 11.8. The Labute approximate surface area is 115 Å². The third-order valence-corrected chi connectivity index (χ3v) is 4.41. The van der Waals surface area contributed by atoms with E-state index in [2.05, 4.69) is 29.7 Å². The molecular formula is C15H25N3O. The second-order valence-electron chi connectivity index (χ2n) is 5.71. The van der Waals surface area contributed by atoms with Gasteiger partial charge < -0.3 is 5.32 Å². The largest absolute Gasteiger partial charge is 0.359 e. The van der Waals surface area contributed by atoms with Crippen molar-refractivity contribution in [3.63, 3.8) is 0 Å². The molecule has 1 fully saturated rings. The van der Waals surface area contributed by atoms with E-state index in [4.69, 9.17) is 0 Å². The number of rotatable bonds is 2. The topological polar surface area (TPSA) is 53.5 Å². The molecule has 19 heavy (non-hydrogen) atoms. The lowest BCUT2D eigenvalue weighted by atomic mass is 9.75. The highest BCUT2D eigenvalue weighted by atomic mass is 16.1. The summed E-state index contributed by atoms with van der Waals surface area (Å²) in [6, 6.07) is 0. The molecule has 4 nitrogen and oxygen atoms in total. The van der Waals surface area contributed by atoms with Gasteiger partial charge in [0.1, 0.15) is 0 Å². The molecule has 0 aromatic heterocycles. The molecule has 106 valence electrons. The van der Waals surface area contributed by atoms with Gasteiger partial charge in [-0.2, -0.15) is 5.10 Å². The second kappa shape index (κ2) is 6.22. The lowest BCUT2D eigenvalue weighted by Crippen LogP contribution is -2.33. The van der Waals surface area contributed by atoms with Crippen molar-refractivity contribution in [1.29, 1.82) is 0 Å². The molecule has 2 aliphatic rings. The highest BCUT2D eigenvalue weighted by Crippen LogP contribution is 2.37. The van der Waals surface area contributed by atoms with E-state index in [0.717, 1.165) is 12.1 Å². The maximum atomic E-state index is 11.8. The zero-order chi connectivity index (χ0) is 13.8. The minimum atomic E-state index is 0.143. The van der Waals surface area contributed by atoms with Gasteiger partial charge in [0.15, 0.2) is 0 Å². The summed E-state index contributed by atoms with van der Waals surface area (Å²) in [5.41, 5.74) is 6.89. The molecule has 0 aromatic carbocycles. The van der Waals surface area contributed by atoms with Gasteiger partial charge in [-0.15, -0.1) is 0 Å². The van der Waals surface area contributed by atoms with Gasteiger partial charge in [0, 0.05) is 30.8 Å². The first-order valence-electron chi connectivity index (χ1n) is 7.35. The summed E-state index contributed by atoms with van der Waals surface area (Å²) in [6.07, 6.45) is 6.66. The highest BCUT2D eigenvalue weighted by Gasteiger charge is 2.31. The maximum absolute atomic E-state index is 11.8. The summed E-state index contributed by atoms with van der Waals surface area (Å²) in [7, 11) is 1.72. The predicted octanol–water partition coefficient (Wildman–Crippen LogP) is 2.57. The third kappa shape index (κ3) is 3.17. The van der Waals surface area contributed by atoms with Gasteiger partial charge in [-0.3, -0.25) is 10.2 Å². The summed E-state index contributed by atoms with van der Waals surface area (Å²) in [5, 5.41) is 7.17. The summed E-state index contributed by atoms with van der Waals surface area (Å²) >= 11 is 0. The van der Waals surface area contributed by atoms with Gasteiger partial charge in [0.25, 0.3) is 0 Å². The van der Waals surface area contributed by atoms with Crippen LogP contribution in [0.3, 0.4) is 0 Å². The average Bonchev–Trinajstić information content (AvgIpc) is 2.37. The van der Waals surface area contributed by atoms with Crippen LogP contribution in [0, 0.1) is 11.8 Å². The molecule has 2 N–H and O–H groups in total. The number of hydrogen-bond acceptors (Lipinski definition) is 3. The Bertz CT molecular complexity index is 412. The van der Waals surface area contributed by atoms with Crippen LogP contribution < -0.4 is 10.7 Å². The Kier molecular flexibility index (Phi) is 4.61. The quantitative estimate of drug-likeness (QED) is 0.804. The van der Waals surface area contributed by atoms with Crippen LogP contribution in [-0.2, 0) is 4.79 Å². The Hall–Kier alpha value is -1.32. The Morgan fingerprint density at radius 1 is 1.32 bits per heavy atom. The van der Waals surface area contributed by atoms with Gasteiger partial charge >= 0.3 is 0 Å². The van der Waals surface area contributed by atoms with E-state index < -0.39 is 0 Å². The molecule has 4 heteroatoms. The zero-order valence-electron chi connectivity index (χ0n) is 12.3. The van der Waals surface area contributed by atoms with Gasteiger partial charge in [-0.1, -0.05) is 19.3 Å². The summed E-state index contributed by atoms with van der Waals surface area (Å²) < 4.78 is 0. The van der Waals surface area contributed by atoms with E-state index in [1.54, 1.807) is 7.05 Å². The van der Waals surface area contributed by atoms with Crippen molar-refractivity contribution in [3.8, 4) is 0 Å². The number of amides is 1. The van der Waals surface area contributed by atoms with Crippen LogP contribution in [0.2, 0.25) is 0 Å². The fourth-order valence-corrected chi connectivity index (χ4v) is 3.37. The van der Waals surface area contributed by atoms with Crippen LogP contribution in [0.15, 0.2) is 16.4 Å². The number of fused-ring (bicyclic) bond motifs is 1. The number of allylic oxidation sites excluding steroid dienone is 2. The Morgan fingerprint density at radius 2 is 2.05 bits per heavy atom. The van der Waals surface area contributed by atoms with Gasteiger partial charge in [-0.25, -0.2) is 0 Å². The second-order valence-corrected chi connectivity index (χ2v) is 5.71. The average molecular weight is 263 g/mol. The molecule has 1 aliphatic carbocycles. The van der Waals surface area contributed by atoms with Gasteiger partial charge in [-0.05, 0) is 38.2 Å². The van der Waals surface area contributed by atoms with E-state index in [-0.39, 0.29) is 5.91 Å². The van der Waals surface area contributed by atoms with Crippen molar-refractivity contribution < 1.29 is 4.79 Å². The number of carbonyl (C=O) groups excluding carboxylic acids is 1. The first-order valence-corrected chi connectivity index (χ1v) is 7.35. The molecular weight excluding hydrogens is 238 g/mol. The van der Waals surface area contributed by atoms with E-state index in [1.165, 1.54) is 37.0 Å². The van der Waals surface area contributed by atoms with Gasteiger partial charge in [0.05, 0.1) is 0 Å². The molecule has 1 heterocycles. The zero-order valence-corrected chi connectivity index (χ0v) is 12.3. The van der Waals surface area contributed by atoms with Crippen molar-refractivity contribution in [2.75, 3.05) is 7.05 Å². The van der Waals surface area contributed by atoms with Crippen molar-refractivity contribution >= 4 is 11.6 Å². The van der Waals surface area contributed by atoms with Crippen molar-refractivity contribution in [1.82, 2.24) is 10.7 Å². The third-order valence-electron chi connectivity index (χ3n) is 4.41. The van der Waals surface area contributed by atoms with E-state index >= 15 is 0 Å². The van der Waals surface area contributed by atoms with Crippen molar-refractivity contribution in [3.05, 3.63) is 11.3 Å². The first-order chi connectivity index (χ1) is 9.13. The fraction of sp³-hybridized carbons (Fsp3) is 0.733. The summed E-state index contributed by atoms with van der Waals surface area (Å²) in [6.45, 7) is 4.19. The SMILES string of the molecule is CNC(=O)C[C@@H]1CCCCC[C@H]2C(C)=NNC(C)=C12. The lowest BCUT2D eigenvalue weighted by Gasteiger charge is -2.34. The Morgan fingerprint density at radius 3 is 2.79 bits per heavy atom. The molecule has 0 aromatic rings. The molecule has 0 spiro atoms. The molecule has 0 unspecified atom stereocenters. The summed E-state index contributed by atoms with van der Waals surface area (Å²) in [5.74, 6) is 0.948. The monoisotopic (exact) mass is 263 g/mol. The van der Waals surface area contributed by atoms with Crippen LogP contribution in [-0.4, -0.2) is 18.7 Å². The predicted molar refractivity (Wildman–Crippen MR) is 77.7 cm³/mol. The van der Waals surface area contributed by atoms with E-state index in [9.17, 15) is 4.79 Å². The number of hydrazone groups is 1. The number of hydrogen-bond donors (Lipinski definition) is 2. The standard InChI is InChI=1S/C15H25N3O/c1-10-13-8-6-4-5-7-12(9-14(19)16-3)15(13)11(2)18-17-10/h12-13,18H,4-9H2,1-3H3,(H,16,19)/t12-,13-/m0/s1. The molecule has 2 rings (SSSR count). The molecule has 1 saturated carbocycles. The molecule has 0 radical (unpaired) electrons. The highest BCUT2D eigenvalue weighted by molar-refractivity contribution is 5.88. The van der Waals surface area contributed by atoms with Crippen LogP contribution in [0.5, 0.6) is 0 Å². The minimum Gasteiger partial charge on any atom is -0.359 e. The molecule has 0 bridgehead atoms. The normalized spacial score (nSPS) is 27.6. The number of nitrogens with one attached hydrogen (secondary N) is 2. The molecule has 1 aliphatic heterocycles. The minimum absolute atomic E-state index is 0.143. The molecule has 2 atom stereocenters. The number of carbonyl (C=O) groups is 1. The van der Waals surface area contributed by atoms with Crippen molar-refractivity contribution in [2.45, 2.75) is 52.4 Å². The van der Waals surface area contributed by atoms with Gasteiger partial charge in [0.2, 0.25) is 5.91 Å². The van der Waals surface area contributed by atoms with E-state index in [1.807, 2.05) is 0 Å². The fourth-order valence-electron chi connectivity index (χ4n) is 3.37. The van der Waals surface area contributed by atoms with Crippen LogP contribution in [0.4, 0.5) is 0 Å². The van der Waals surface area contributed by atoms with Crippen LogP contribution >= 0.6 is 0 Å². The van der Waals surface area contributed by atoms with Crippen molar-refractivity contribution in [2.24, 2.45) is 16.9 Å². The molecule has 1 amide bonds. The molecule has 0 saturated heterocycles. The Balaban J connectivity index is 2.26. The van der Waals surface area contributed by atoms with Crippen LogP contribution in [0.1, 0.15) is 52.4 Å². The maximum Gasteiger partial charge on any atom is 0.220 e. The van der Waals surface area contributed by atoms with E-state index in [0.29, 0.717) is 18.3 Å². The first kappa shape index (κ1) is 14.1. The number of nitrogens with zero attached hydrogens (tertiary/aromatic N) is 1. The van der Waals surface area contributed by atoms with Crippen LogP contribution in [0.25, 0.3) is 0 Å². The lowest BCUT2D eigenvalue weighted by molar-refractivity contribution is -0.121.